The number of carbonyl (C=O) groups excluding carboxylic acids is 3. The number of fused-ring (bicyclic) bond motifs is 3. The number of phenolic OH excluding ortho intramolecular Hbond substituents is 1. The molecule has 1 amide bonds. The molecule has 0 radical (unpaired) electrons. The summed E-state index contributed by atoms with van der Waals surface area (Å²) in [4.78, 5) is 40.9. The first kappa shape index (κ1) is 29.3. The number of hydrogen-bond acceptors (Lipinski definition) is 9. The molecule has 2 aromatic rings. The molecule has 0 aliphatic heterocycles. The number of carbonyl (C=O) groups is 3. The van der Waals surface area contributed by atoms with E-state index in [-0.39, 0.29) is 35.1 Å². The zero-order chi connectivity index (χ0) is 30.9. The SMILES string of the molecule is CN(C)C1C(=O)C(C(N)=O)=C(O)[C@]2(O)C(=O)C3=C(O)c4c(O)ccc(-c5ccc(NCC(C)(C)C)cc5)c4C[C@@H]3C[C@H]12. The zero-order valence-electron chi connectivity index (χ0n) is 24.4. The molecule has 42 heavy (non-hydrogen) atoms. The number of amides is 1. The summed E-state index contributed by atoms with van der Waals surface area (Å²) in [5.41, 5.74) is 5.05. The number of phenols is 1. The van der Waals surface area contributed by atoms with E-state index in [4.69, 9.17) is 5.73 Å². The number of ketones is 2. The fourth-order valence-corrected chi connectivity index (χ4v) is 6.65. The number of benzene rings is 2. The zero-order valence-corrected chi connectivity index (χ0v) is 24.4. The summed E-state index contributed by atoms with van der Waals surface area (Å²) in [5, 5.41) is 48.4. The number of rotatable bonds is 5. The molecule has 5 rings (SSSR count). The maximum atomic E-state index is 14.0. The Bertz CT molecular complexity index is 1570. The lowest BCUT2D eigenvalue weighted by atomic mass is 9.57. The second-order valence-corrected chi connectivity index (χ2v) is 12.9. The highest BCUT2D eigenvalue weighted by atomic mass is 16.3. The summed E-state index contributed by atoms with van der Waals surface area (Å²) in [6, 6.07) is 9.85. The molecule has 0 aromatic heterocycles. The number of hydrogen-bond donors (Lipinski definition) is 6. The quantitative estimate of drug-likeness (QED) is 0.293. The van der Waals surface area contributed by atoms with Gasteiger partial charge in [0.05, 0.1) is 11.6 Å². The van der Waals surface area contributed by atoms with Gasteiger partial charge in [0, 0.05) is 23.7 Å². The molecule has 0 bridgehead atoms. The Morgan fingerprint density at radius 1 is 1.07 bits per heavy atom. The van der Waals surface area contributed by atoms with Crippen molar-refractivity contribution in [1.29, 1.82) is 0 Å². The lowest BCUT2D eigenvalue weighted by Gasteiger charge is -2.50. The topological polar surface area (TPSA) is 173 Å². The Balaban J connectivity index is 1.62. The first-order chi connectivity index (χ1) is 19.6. The van der Waals surface area contributed by atoms with E-state index in [2.05, 4.69) is 26.1 Å². The van der Waals surface area contributed by atoms with Crippen molar-refractivity contribution in [3.8, 4) is 16.9 Å². The standard InChI is InChI=1S/C32H37N3O7/c1-31(2,3)14-34-17-8-6-15(7-9-17)18-10-11-21(36)23-19(18)12-16-13-20-25(35(4)5)27(38)24(30(33)41)29(40)32(20,42)28(39)22(16)26(23)37/h6-11,16,20,25,34,36-37,40,42H,12-14H2,1-5H3,(H2,33,41)/t16-,20-,25?,32-/m1/s1. The van der Waals surface area contributed by atoms with Crippen LogP contribution in [0.25, 0.3) is 16.9 Å². The number of aromatic hydroxyl groups is 1. The summed E-state index contributed by atoms with van der Waals surface area (Å²) in [5.74, 6) is -6.68. The third-order valence-electron chi connectivity index (χ3n) is 8.62. The smallest absolute Gasteiger partial charge is 0.255 e. The Morgan fingerprint density at radius 3 is 2.29 bits per heavy atom. The third-order valence-corrected chi connectivity index (χ3v) is 8.62. The number of likely N-dealkylation sites (N-methyl/N-ethyl adjacent to an activating group) is 1. The fraction of sp³-hybridized carbons (Fsp3) is 0.406. The van der Waals surface area contributed by atoms with E-state index in [1.165, 1.54) is 11.0 Å². The number of aliphatic hydroxyl groups is 3. The normalized spacial score (nSPS) is 25.7. The van der Waals surface area contributed by atoms with Gasteiger partial charge in [0.25, 0.3) is 5.91 Å². The number of primary amides is 1. The van der Waals surface area contributed by atoms with Crippen molar-refractivity contribution in [1.82, 2.24) is 4.90 Å². The highest BCUT2D eigenvalue weighted by Crippen LogP contribution is 2.53. The van der Waals surface area contributed by atoms with Crippen molar-refractivity contribution in [2.45, 2.75) is 45.3 Å². The predicted molar refractivity (Wildman–Crippen MR) is 158 cm³/mol. The Kier molecular flexibility index (Phi) is 6.98. The van der Waals surface area contributed by atoms with Crippen molar-refractivity contribution in [2.75, 3.05) is 26.0 Å². The molecule has 1 unspecified atom stereocenters. The van der Waals surface area contributed by atoms with Gasteiger partial charge in [0.2, 0.25) is 5.78 Å². The van der Waals surface area contributed by atoms with Crippen LogP contribution in [-0.4, -0.2) is 75.1 Å². The van der Waals surface area contributed by atoms with Gasteiger partial charge in [-0.3, -0.25) is 19.3 Å². The molecule has 0 heterocycles. The van der Waals surface area contributed by atoms with Gasteiger partial charge in [0.1, 0.15) is 22.8 Å². The average molecular weight is 576 g/mol. The van der Waals surface area contributed by atoms with Crippen LogP contribution in [-0.2, 0) is 20.8 Å². The summed E-state index contributed by atoms with van der Waals surface area (Å²) in [6.45, 7) is 7.20. The van der Waals surface area contributed by atoms with Crippen LogP contribution in [0.15, 0.2) is 53.3 Å². The molecular formula is C32H37N3O7. The summed E-state index contributed by atoms with van der Waals surface area (Å²) < 4.78 is 0. The molecule has 10 nitrogen and oxygen atoms in total. The highest BCUT2D eigenvalue weighted by molar-refractivity contribution is 6.24. The van der Waals surface area contributed by atoms with Crippen molar-refractivity contribution < 1.29 is 34.8 Å². The van der Waals surface area contributed by atoms with Crippen LogP contribution in [0.3, 0.4) is 0 Å². The first-order valence-corrected chi connectivity index (χ1v) is 13.9. The molecule has 3 aliphatic rings. The highest BCUT2D eigenvalue weighted by Gasteiger charge is 2.64. The van der Waals surface area contributed by atoms with Crippen LogP contribution in [0.5, 0.6) is 5.75 Å². The lowest BCUT2D eigenvalue weighted by Crippen LogP contribution is -2.65. The monoisotopic (exact) mass is 575 g/mol. The second kappa shape index (κ2) is 9.99. The van der Waals surface area contributed by atoms with E-state index < -0.39 is 58.0 Å². The van der Waals surface area contributed by atoms with Crippen molar-refractivity contribution in [3.05, 3.63) is 64.4 Å². The van der Waals surface area contributed by atoms with Crippen LogP contribution in [0.2, 0.25) is 0 Å². The maximum absolute atomic E-state index is 14.0. The number of nitrogens with one attached hydrogen (secondary N) is 1. The number of aliphatic hydroxyl groups excluding tert-OH is 2. The summed E-state index contributed by atoms with van der Waals surface area (Å²) >= 11 is 0. The Hall–Kier alpha value is -4.15. The molecular weight excluding hydrogens is 538 g/mol. The molecule has 3 aliphatic carbocycles. The van der Waals surface area contributed by atoms with Gasteiger partial charge >= 0.3 is 0 Å². The molecule has 2 aromatic carbocycles. The Morgan fingerprint density at radius 2 is 1.71 bits per heavy atom. The molecule has 0 saturated heterocycles. The summed E-state index contributed by atoms with van der Waals surface area (Å²) in [6.07, 6.45) is 0.263. The van der Waals surface area contributed by atoms with E-state index >= 15 is 0 Å². The van der Waals surface area contributed by atoms with Crippen LogP contribution in [0.1, 0.15) is 38.3 Å². The van der Waals surface area contributed by atoms with Gasteiger partial charge in [-0.2, -0.15) is 0 Å². The maximum Gasteiger partial charge on any atom is 0.255 e. The second-order valence-electron chi connectivity index (χ2n) is 12.9. The van der Waals surface area contributed by atoms with Gasteiger partial charge < -0.3 is 31.5 Å². The van der Waals surface area contributed by atoms with Crippen LogP contribution in [0, 0.1) is 17.3 Å². The fourth-order valence-electron chi connectivity index (χ4n) is 6.65. The number of anilines is 1. The van der Waals surface area contributed by atoms with Crippen LogP contribution >= 0.6 is 0 Å². The molecule has 1 saturated carbocycles. The largest absolute Gasteiger partial charge is 0.508 e. The van der Waals surface area contributed by atoms with E-state index in [0.717, 1.165) is 23.4 Å². The summed E-state index contributed by atoms with van der Waals surface area (Å²) in [7, 11) is 3.15. The van der Waals surface area contributed by atoms with E-state index in [0.29, 0.717) is 5.56 Å². The third kappa shape index (κ3) is 4.46. The van der Waals surface area contributed by atoms with Gasteiger partial charge in [-0.15, -0.1) is 0 Å². The average Bonchev–Trinajstić information content (AvgIpc) is 2.89. The van der Waals surface area contributed by atoms with E-state index in [9.17, 15) is 34.8 Å². The van der Waals surface area contributed by atoms with Gasteiger partial charge in [-0.25, -0.2) is 0 Å². The van der Waals surface area contributed by atoms with Crippen molar-refractivity contribution >= 4 is 28.9 Å². The Labute approximate surface area is 244 Å². The molecule has 7 N–H and O–H groups in total. The van der Waals surface area contributed by atoms with Crippen molar-refractivity contribution in [2.24, 2.45) is 23.0 Å². The number of nitrogens with zero attached hydrogens (tertiary/aromatic N) is 1. The van der Waals surface area contributed by atoms with E-state index in [1.54, 1.807) is 20.2 Å². The molecule has 222 valence electrons. The van der Waals surface area contributed by atoms with Gasteiger partial charge in [0.15, 0.2) is 11.4 Å². The van der Waals surface area contributed by atoms with Crippen molar-refractivity contribution in [3.63, 3.8) is 0 Å². The first-order valence-electron chi connectivity index (χ1n) is 13.9. The van der Waals surface area contributed by atoms with Crippen LogP contribution in [0.4, 0.5) is 5.69 Å². The molecule has 0 spiro atoms. The minimum atomic E-state index is -2.66. The molecule has 1 fully saturated rings. The predicted octanol–water partition coefficient (Wildman–Crippen LogP) is 3.09. The molecule has 10 heteroatoms. The number of Topliss-reactive ketones (excluding diaryl/α,β-unsaturated/α-hetero) is 2. The lowest BCUT2D eigenvalue weighted by molar-refractivity contribution is -0.153. The minimum Gasteiger partial charge on any atom is -0.508 e. The van der Waals surface area contributed by atoms with E-state index in [1.807, 2.05) is 24.3 Å². The molecule has 4 atom stereocenters. The van der Waals surface area contributed by atoms with Gasteiger partial charge in [-0.1, -0.05) is 39.0 Å². The van der Waals surface area contributed by atoms with Crippen LogP contribution < -0.4 is 11.1 Å². The van der Waals surface area contributed by atoms with Gasteiger partial charge in [-0.05, 0) is 73.2 Å². The minimum absolute atomic E-state index is 0.0382. The number of nitrogens with two attached hydrogens (primary N) is 1.